The van der Waals surface area contributed by atoms with E-state index in [-0.39, 0.29) is 11.8 Å². The zero-order chi connectivity index (χ0) is 14.9. The standard InChI is InChI=1S/C17H21NO3/c1-12-6-5-7-13-16(12)18-14(21-13)10-17(11-15(19)20)8-3-2-4-9-17/h5-7H,2-4,8-11H2,1H3,(H,19,20). The average Bonchev–Trinajstić information content (AvgIpc) is 2.82. The van der Waals surface area contributed by atoms with E-state index < -0.39 is 5.97 Å². The molecular weight excluding hydrogens is 266 g/mol. The summed E-state index contributed by atoms with van der Waals surface area (Å²) in [6, 6.07) is 5.89. The monoisotopic (exact) mass is 287 g/mol. The van der Waals surface area contributed by atoms with Crippen LogP contribution >= 0.6 is 0 Å². The molecule has 1 aliphatic carbocycles. The number of carboxylic acids is 1. The molecule has 1 N–H and O–H groups in total. The molecule has 0 amide bonds. The molecule has 0 spiro atoms. The van der Waals surface area contributed by atoms with Crippen molar-refractivity contribution >= 4 is 17.1 Å². The summed E-state index contributed by atoms with van der Waals surface area (Å²) in [6.45, 7) is 2.02. The highest BCUT2D eigenvalue weighted by Crippen LogP contribution is 2.42. The molecule has 0 atom stereocenters. The number of aliphatic carboxylic acids is 1. The van der Waals surface area contributed by atoms with Gasteiger partial charge in [-0.25, -0.2) is 4.98 Å². The Morgan fingerprint density at radius 3 is 2.76 bits per heavy atom. The topological polar surface area (TPSA) is 63.3 Å². The zero-order valence-electron chi connectivity index (χ0n) is 12.4. The van der Waals surface area contributed by atoms with E-state index in [1.54, 1.807) is 0 Å². The number of benzene rings is 1. The number of hydrogen-bond acceptors (Lipinski definition) is 3. The predicted molar refractivity (Wildman–Crippen MR) is 80.2 cm³/mol. The number of aromatic nitrogens is 1. The number of hydrogen-bond donors (Lipinski definition) is 1. The van der Waals surface area contributed by atoms with Crippen LogP contribution in [-0.2, 0) is 11.2 Å². The van der Waals surface area contributed by atoms with Crippen LogP contribution in [0.2, 0.25) is 0 Å². The summed E-state index contributed by atoms with van der Waals surface area (Å²) in [7, 11) is 0. The smallest absolute Gasteiger partial charge is 0.303 e. The Morgan fingerprint density at radius 1 is 1.33 bits per heavy atom. The first kappa shape index (κ1) is 14.1. The molecule has 4 nitrogen and oxygen atoms in total. The summed E-state index contributed by atoms with van der Waals surface area (Å²) >= 11 is 0. The normalized spacial score (nSPS) is 18.0. The fourth-order valence-electron chi connectivity index (χ4n) is 3.57. The minimum Gasteiger partial charge on any atom is -0.481 e. The summed E-state index contributed by atoms with van der Waals surface area (Å²) in [5.41, 5.74) is 2.61. The highest BCUT2D eigenvalue weighted by molar-refractivity contribution is 5.76. The number of aryl methyl sites for hydroxylation is 1. The highest BCUT2D eigenvalue weighted by Gasteiger charge is 2.36. The third-order valence-electron chi connectivity index (χ3n) is 4.63. The summed E-state index contributed by atoms with van der Waals surface area (Å²) in [5.74, 6) is -0.0355. The molecule has 1 aromatic carbocycles. The molecule has 112 valence electrons. The number of carbonyl (C=O) groups is 1. The number of oxazole rings is 1. The Kier molecular flexibility index (Phi) is 3.70. The molecular formula is C17H21NO3. The van der Waals surface area contributed by atoms with Gasteiger partial charge in [0.2, 0.25) is 0 Å². The zero-order valence-corrected chi connectivity index (χ0v) is 12.4. The van der Waals surface area contributed by atoms with E-state index in [2.05, 4.69) is 4.98 Å². The first-order chi connectivity index (χ1) is 10.1. The molecule has 0 aliphatic heterocycles. The Labute approximate surface area is 124 Å². The van der Waals surface area contributed by atoms with Crippen molar-refractivity contribution in [3.8, 4) is 0 Å². The summed E-state index contributed by atoms with van der Waals surface area (Å²) in [5, 5.41) is 9.24. The van der Waals surface area contributed by atoms with Gasteiger partial charge >= 0.3 is 5.97 Å². The van der Waals surface area contributed by atoms with Crippen LogP contribution in [0.5, 0.6) is 0 Å². The second kappa shape index (κ2) is 5.51. The number of nitrogens with zero attached hydrogens (tertiary/aromatic N) is 1. The van der Waals surface area contributed by atoms with Crippen LogP contribution in [0.1, 0.15) is 50.0 Å². The second-order valence-corrected chi connectivity index (χ2v) is 6.34. The van der Waals surface area contributed by atoms with Gasteiger partial charge in [0.1, 0.15) is 5.52 Å². The van der Waals surface area contributed by atoms with E-state index in [4.69, 9.17) is 4.42 Å². The quantitative estimate of drug-likeness (QED) is 0.919. The number of carboxylic acid groups (broad SMARTS) is 1. The highest BCUT2D eigenvalue weighted by atomic mass is 16.4. The van der Waals surface area contributed by atoms with Gasteiger partial charge in [-0.1, -0.05) is 31.4 Å². The summed E-state index contributed by atoms with van der Waals surface area (Å²) in [4.78, 5) is 15.8. The lowest BCUT2D eigenvalue weighted by molar-refractivity contribution is -0.140. The van der Waals surface area contributed by atoms with Crippen LogP contribution in [-0.4, -0.2) is 16.1 Å². The van der Waals surface area contributed by atoms with E-state index in [9.17, 15) is 9.90 Å². The molecule has 3 rings (SSSR count). The number of fused-ring (bicyclic) bond motifs is 1. The first-order valence-corrected chi connectivity index (χ1v) is 7.65. The third-order valence-corrected chi connectivity index (χ3v) is 4.63. The van der Waals surface area contributed by atoms with Gasteiger partial charge in [0.25, 0.3) is 0 Å². The fraction of sp³-hybridized carbons (Fsp3) is 0.529. The molecule has 0 saturated heterocycles. The Bertz CT molecular complexity index is 653. The molecule has 1 aliphatic rings. The van der Waals surface area contributed by atoms with Gasteiger partial charge in [0.05, 0.1) is 6.42 Å². The molecule has 1 saturated carbocycles. The van der Waals surface area contributed by atoms with E-state index in [0.29, 0.717) is 12.3 Å². The predicted octanol–water partition coefficient (Wildman–Crippen LogP) is 4.10. The van der Waals surface area contributed by atoms with E-state index >= 15 is 0 Å². The van der Waals surface area contributed by atoms with E-state index in [0.717, 1.165) is 42.3 Å². The maximum absolute atomic E-state index is 11.2. The second-order valence-electron chi connectivity index (χ2n) is 6.34. The molecule has 4 heteroatoms. The average molecular weight is 287 g/mol. The largest absolute Gasteiger partial charge is 0.481 e. The van der Waals surface area contributed by atoms with Crippen molar-refractivity contribution in [1.82, 2.24) is 4.98 Å². The van der Waals surface area contributed by atoms with Gasteiger partial charge in [0, 0.05) is 6.42 Å². The van der Waals surface area contributed by atoms with Crippen molar-refractivity contribution in [3.05, 3.63) is 29.7 Å². The fourth-order valence-corrected chi connectivity index (χ4v) is 3.57. The van der Waals surface area contributed by atoms with Gasteiger partial charge in [-0.05, 0) is 36.8 Å². The Hall–Kier alpha value is -1.84. The van der Waals surface area contributed by atoms with Gasteiger partial charge in [-0.3, -0.25) is 4.79 Å². The lowest BCUT2D eigenvalue weighted by Gasteiger charge is -2.35. The van der Waals surface area contributed by atoms with Crippen molar-refractivity contribution in [2.75, 3.05) is 0 Å². The maximum atomic E-state index is 11.2. The molecule has 21 heavy (non-hydrogen) atoms. The van der Waals surface area contributed by atoms with Crippen molar-refractivity contribution in [2.45, 2.75) is 51.9 Å². The van der Waals surface area contributed by atoms with Crippen LogP contribution in [0.3, 0.4) is 0 Å². The Balaban J connectivity index is 1.90. The van der Waals surface area contributed by atoms with Crippen molar-refractivity contribution in [2.24, 2.45) is 5.41 Å². The van der Waals surface area contributed by atoms with Crippen molar-refractivity contribution in [3.63, 3.8) is 0 Å². The summed E-state index contributed by atoms with van der Waals surface area (Å²) in [6.07, 6.45) is 6.17. The molecule has 1 aromatic heterocycles. The van der Waals surface area contributed by atoms with Crippen LogP contribution in [0.4, 0.5) is 0 Å². The number of para-hydroxylation sites is 1. The SMILES string of the molecule is Cc1cccc2oc(CC3(CC(=O)O)CCCCC3)nc12. The molecule has 0 radical (unpaired) electrons. The van der Waals surface area contributed by atoms with Crippen LogP contribution in [0.25, 0.3) is 11.1 Å². The molecule has 1 fully saturated rings. The maximum Gasteiger partial charge on any atom is 0.303 e. The van der Waals surface area contributed by atoms with Gasteiger partial charge in [-0.15, -0.1) is 0 Å². The molecule has 2 aromatic rings. The van der Waals surface area contributed by atoms with Gasteiger partial charge < -0.3 is 9.52 Å². The molecule has 0 bridgehead atoms. The Morgan fingerprint density at radius 2 is 2.10 bits per heavy atom. The molecule has 1 heterocycles. The van der Waals surface area contributed by atoms with Crippen molar-refractivity contribution in [1.29, 1.82) is 0 Å². The first-order valence-electron chi connectivity index (χ1n) is 7.65. The van der Waals surface area contributed by atoms with Gasteiger partial charge in [-0.2, -0.15) is 0 Å². The lowest BCUT2D eigenvalue weighted by atomic mass is 9.69. The van der Waals surface area contributed by atoms with Crippen molar-refractivity contribution < 1.29 is 14.3 Å². The van der Waals surface area contributed by atoms with Crippen LogP contribution in [0, 0.1) is 12.3 Å². The third kappa shape index (κ3) is 2.94. The van der Waals surface area contributed by atoms with Crippen LogP contribution in [0.15, 0.2) is 22.6 Å². The summed E-state index contributed by atoms with van der Waals surface area (Å²) < 4.78 is 5.85. The molecule has 0 unspecified atom stereocenters. The van der Waals surface area contributed by atoms with Gasteiger partial charge in [0.15, 0.2) is 11.5 Å². The lowest BCUT2D eigenvalue weighted by Crippen LogP contribution is -2.29. The van der Waals surface area contributed by atoms with E-state index in [1.807, 2.05) is 25.1 Å². The minimum absolute atomic E-state index is 0.182. The minimum atomic E-state index is -0.718. The van der Waals surface area contributed by atoms with E-state index in [1.165, 1.54) is 6.42 Å². The van der Waals surface area contributed by atoms with Crippen LogP contribution < -0.4 is 0 Å². The number of rotatable bonds is 4.